The van der Waals surface area contributed by atoms with Crippen molar-refractivity contribution in [3.8, 4) is 0 Å². The van der Waals surface area contributed by atoms with E-state index in [9.17, 15) is 0 Å². The Morgan fingerprint density at radius 3 is 1.83 bits per heavy atom. The molecule has 1 fully saturated rings. The van der Waals surface area contributed by atoms with Gasteiger partial charge in [0.2, 0.25) is 0 Å². The van der Waals surface area contributed by atoms with Crippen LogP contribution in [0.3, 0.4) is 0 Å². The SMILES string of the molecule is CC(CCN)C1C(C)(C)C1(C)C. The van der Waals surface area contributed by atoms with Crippen LogP contribution >= 0.6 is 0 Å². The van der Waals surface area contributed by atoms with Crippen molar-refractivity contribution >= 4 is 0 Å². The molecule has 1 aliphatic carbocycles. The summed E-state index contributed by atoms with van der Waals surface area (Å²) < 4.78 is 0. The smallest absolute Gasteiger partial charge is 0.00746 e. The van der Waals surface area contributed by atoms with Crippen molar-refractivity contribution in [2.24, 2.45) is 28.4 Å². The van der Waals surface area contributed by atoms with Gasteiger partial charge in [0.05, 0.1) is 0 Å². The molecule has 0 saturated heterocycles. The minimum absolute atomic E-state index is 0.529. The molecule has 1 unspecified atom stereocenters. The van der Waals surface area contributed by atoms with E-state index in [0.717, 1.165) is 18.4 Å². The summed E-state index contributed by atoms with van der Waals surface area (Å²) in [6.45, 7) is 12.7. The molecule has 0 radical (unpaired) electrons. The van der Waals surface area contributed by atoms with E-state index in [1.807, 2.05) is 0 Å². The normalized spacial score (nSPS) is 28.5. The third-order valence-electron chi connectivity index (χ3n) is 4.32. The molecule has 0 bridgehead atoms. The maximum absolute atomic E-state index is 5.57. The van der Waals surface area contributed by atoms with Crippen LogP contribution in [0.5, 0.6) is 0 Å². The molecule has 0 aromatic carbocycles. The number of hydrogen-bond donors (Lipinski definition) is 1. The quantitative estimate of drug-likeness (QED) is 0.690. The van der Waals surface area contributed by atoms with Crippen molar-refractivity contribution in [2.75, 3.05) is 6.54 Å². The first kappa shape index (κ1) is 10.0. The van der Waals surface area contributed by atoms with Gasteiger partial charge in [-0.1, -0.05) is 34.6 Å². The molecule has 0 spiro atoms. The molecule has 2 N–H and O–H groups in total. The lowest BCUT2D eigenvalue weighted by atomic mass is 9.95. The van der Waals surface area contributed by atoms with Crippen LogP contribution in [0.15, 0.2) is 0 Å². The summed E-state index contributed by atoms with van der Waals surface area (Å²) in [5.74, 6) is 1.66. The Morgan fingerprint density at radius 2 is 1.58 bits per heavy atom. The van der Waals surface area contributed by atoms with Crippen molar-refractivity contribution in [3.63, 3.8) is 0 Å². The standard InChI is InChI=1S/C11H23N/c1-8(6-7-12)9-10(2,3)11(9,4)5/h8-9H,6-7,12H2,1-5H3. The molecular formula is C11H23N. The highest BCUT2D eigenvalue weighted by molar-refractivity contribution is 5.13. The van der Waals surface area contributed by atoms with Gasteiger partial charge in [0.25, 0.3) is 0 Å². The lowest BCUT2D eigenvalue weighted by molar-refractivity contribution is 0.395. The average Bonchev–Trinajstić information content (AvgIpc) is 2.24. The fourth-order valence-electron chi connectivity index (χ4n) is 3.10. The first-order valence-corrected chi connectivity index (χ1v) is 5.05. The van der Waals surface area contributed by atoms with Crippen LogP contribution in [-0.2, 0) is 0 Å². The number of hydrogen-bond acceptors (Lipinski definition) is 1. The minimum Gasteiger partial charge on any atom is -0.330 e. The Hall–Kier alpha value is -0.0400. The van der Waals surface area contributed by atoms with Gasteiger partial charge in [-0.3, -0.25) is 0 Å². The minimum atomic E-state index is 0.529. The second-order valence-corrected chi connectivity index (χ2v) is 5.48. The predicted octanol–water partition coefficient (Wildman–Crippen LogP) is 2.65. The topological polar surface area (TPSA) is 26.0 Å². The summed E-state index contributed by atoms with van der Waals surface area (Å²) in [6, 6.07) is 0. The summed E-state index contributed by atoms with van der Waals surface area (Å²) in [5.41, 5.74) is 6.63. The van der Waals surface area contributed by atoms with Crippen molar-refractivity contribution in [1.82, 2.24) is 0 Å². The van der Waals surface area contributed by atoms with Crippen LogP contribution in [0.25, 0.3) is 0 Å². The number of nitrogens with two attached hydrogens (primary N) is 1. The van der Waals surface area contributed by atoms with Gasteiger partial charge >= 0.3 is 0 Å². The van der Waals surface area contributed by atoms with Crippen molar-refractivity contribution in [2.45, 2.75) is 41.0 Å². The first-order valence-electron chi connectivity index (χ1n) is 5.05. The molecule has 1 saturated carbocycles. The van der Waals surface area contributed by atoms with E-state index in [4.69, 9.17) is 5.73 Å². The van der Waals surface area contributed by atoms with Crippen LogP contribution in [0.1, 0.15) is 41.0 Å². The molecule has 1 rings (SSSR count). The van der Waals surface area contributed by atoms with Crippen molar-refractivity contribution < 1.29 is 0 Å². The lowest BCUT2D eigenvalue weighted by Gasteiger charge is -2.11. The molecule has 1 aliphatic rings. The highest BCUT2D eigenvalue weighted by atomic mass is 14.7. The van der Waals surface area contributed by atoms with Gasteiger partial charge in [0.15, 0.2) is 0 Å². The summed E-state index contributed by atoms with van der Waals surface area (Å²) in [6.07, 6.45) is 1.18. The molecule has 0 aliphatic heterocycles. The molecule has 72 valence electrons. The van der Waals surface area contributed by atoms with Gasteiger partial charge in [0, 0.05) is 0 Å². The van der Waals surface area contributed by atoms with Gasteiger partial charge in [-0.15, -0.1) is 0 Å². The Balaban J connectivity index is 2.58. The van der Waals surface area contributed by atoms with Gasteiger partial charge in [-0.25, -0.2) is 0 Å². The number of rotatable bonds is 3. The summed E-state index contributed by atoms with van der Waals surface area (Å²) >= 11 is 0. The summed E-state index contributed by atoms with van der Waals surface area (Å²) in [7, 11) is 0. The van der Waals surface area contributed by atoms with Crippen molar-refractivity contribution in [1.29, 1.82) is 0 Å². The molecule has 1 nitrogen and oxygen atoms in total. The molecule has 1 atom stereocenters. The van der Waals surface area contributed by atoms with E-state index in [-0.39, 0.29) is 0 Å². The Bertz CT molecular complexity index is 156. The second-order valence-electron chi connectivity index (χ2n) is 5.48. The van der Waals surface area contributed by atoms with Gasteiger partial charge in [0.1, 0.15) is 0 Å². The molecule has 0 aromatic heterocycles. The van der Waals surface area contributed by atoms with E-state index in [2.05, 4.69) is 34.6 Å². The molecule has 1 heteroatoms. The van der Waals surface area contributed by atoms with Gasteiger partial charge in [-0.2, -0.15) is 0 Å². The molecule has 0 aromatic rings. The molecular weight excluding hydrogens is 146 g/mol. The third-order valence-corrected chi connectivity index (χ3v) is 4.32. The monoisotopic (exact) mass is 169 g/mol. The van der Waals surface area contributed by atoms with Crippen LogP contribution in [0.4, 0.5) is 0 Å². The summed E-state index contributed by atoms with van der Waals surface area (Å²) in [5, 5.41) is 0. The Labute approximate surface area is 76.7 Å². The van der Waals surface area contributed by atoms with E-state index >= 15 is 0 Å². The fourth-order valence-corrected chi connectivity index (χ4v) is 3.10. The zero-order chi connectivity index (χ0) is 9.57. The van der Waals surface area contributed by atoms with E-state index in [1.54, 1.807) is 0 Å². The predicted molar refractivity (Wildman–Crippen MR) is 53.9 cm³/mol. The second kappa shape index (κ2) is 2.73. The lowest BCUT2D eigenvalue weighted by Crippen LogP contribution is -2.10. The summed E-state index contributed by atoms with van der Waals surface area (Å²) in [4.78, 5) is 0. The largest absolute Gasteiger partial charge is 0.330 e. The van der Waals surface area contributed by atoms with Crippen LogP contribution in [0, 0.1) is 22.7 Å². The fraction of sp³-hybridized carbons (Fsp3) is 1.00. The Kier molecular flexibility index (Phi) is 2.28. The average molecular weight is 169 g/mol. The molecule has 12 heavy (non-hydrogen) atoms. The van der Waals surface area contributed by atoms with E-state index in [0.29, 0.717) is 10.8 Å². The Morgan fingerprint density at radius 1 is 1.17 bits per heavy atom. The van der Waals surface area contributed by atoms with Gasteiger partial charge < -0.3 is 5.73 Å². The van der Waals surface area contributed by atoms with Crippen LogP contribution in [-0.4, -0.2) is 6.54 Å². The maximum Gasteiger partial charge on any atom is -0.00746 e. The molecule has 0 amide bonds. The molecule has 0 heterocycles. The van der Waals surface area contributed by atoms with E-state index in [1.165, 1.54) is 6.42 Å². The highest BCUT2D eigenvalue weighted by Gasteiger charge is 2.65. The van der Waals surface area contributed by atoms with E-state index < -0.39 is 0 Å². The zero-order valence-electron chi connectivity index (χ0n) is 9.15. The van der Waals surface area contributed by atoms with Crippen LogP contribution < -0.4 is 5.73 Å². The van der Waals surface area contributed by atoms with Crippen LogP contribution in [0.2, 0.25) is 0 Å². The van der Waals surface area contributed by atoms with Gasteiger partial charge in [-0.05, 0) is 35.6 Å². The van der Waals surface area contributed by atoms with Crippen molar-refractivity contribution in [3.05, 3.63) is 0 Å². The first-order chi connectivity index (χ1) is 5.35. The zero-order valence-corrected chi connectivity index (χ0v) is 9.15. The third kappa shape index (κ3) is 1.19. The maximum atomic E-state index is 5.57. The highest BCUT2D eigenvalue weighted by Crippen LogP contribution is 2.71.